The number of nitrogens with one attached hydrogen (secondary N) is 1. The molecule has 1 aromatic carbocycles. The zero-order valence-electron chi connectivity index (χ0n) is 27.1. The van der Waals surface area contributed by atoms with Gasteiger partial charge in [0.1, 0.15) is 17.7 Å². The number of hydrogen-bond acceptors (Lipinski definition) is 9. The predicted octanol–water partition coefficient (Wildman–Crippen LogP) is 1.46. The van der Waals surface area contributed by atoms with Crippen molar-refractivity contribution in [2.45, 2.75) is 56.0 Å². The second kappa shape index (κ2) is 16.0. The molecular weight excluding hydrogens is 604 g/mol. The maximum absolute atomic E-state index is 14.5. The first-order valence-corrected chi connectivity index (χ1v) is 16.8. The van der Waals surface area contributed by atoms with Gasteiger partial charge in [0.15, 0.2) is 0 Å². The van der Waals surface area contributed by atoms with Crippen molar-refractivity contribution in [2.24, 2.45) is 11.8 Å². The van der Waals surface area contributed by atoms with E-state index in [-0.39, 0.29) is 50.3 Å². The number of aliphatic hydroxyl groups is 1. The number of esters is 1. The van der Waals surface area contributed by atoms with Crippen LogP contribution in [0.15, 0.2) is 55.6 Å². The lowest BCUT2D eigenvalue weighted by Gasteiger charge is -2.37. The Morgan fingerprint density at radius 1 is 1.15 bits per heavy atom. The van der Waals surface area contributed by atoms with Gasteiger partial charge in [0.2, 0.25) is 17.7 Å². The lowest BCUT2D eigenvalue weighted by atomic mass is 9.70. The summed E-state index contributed by atoms with van der Waals surface area (Å²) in [6.45, 7) is 11.8. The molecule has 0 aromatic heterocycles. The summed E-state index contributed by atoms with van der Waals surface area (Å²) >= 11 is 0. The molecule has 6 atom stereocenters. The molecule has 0 aliphatic carbocycles. The van der Waals surface area contributed by atoms with Crippen LogP contribution in [-0.4, -0.2) is 127 Å². The maximum Gasteiger partial charge on any atom is 0.313 e. The minimum absolute atomic E-state index is 0.0666. The van der Waals surface area contributed by atoms with Gasteiger partial charge >= 0.3 is 5.97 Å². The summed E-state index contributed by atoms with van der Waals surface area (Å²) in [7, 11) is 0. The molecule has 2 N–H and O–H groups in total. The van der Waals surface area contributed by atoms with Gasteiger partial charge in [-0.3, -0.25) is 24.1 Å². The molecule has 5 rings (SSSR count). The third kappa shape index (κ3) is 7.45. The smallest absolute Gasteiger partial charge is 0.313 e. The van der Waals surface area contributed by atoms with Crippen molar-refractivity contribution in [1.29, 1.82) is 0 Å². The van der Waals surface area contributed by atoms with Gasteiger partial charge in [-0.2, -0.15) is 0 Å². The number of fused-ring (bicyclic) bond motifs is 1. The molecule has 256 valence electrons. The lowest BCUT2D eigenvalue weighted by molar-refractivity contribution is -0.160. The average Bonchev–Trinajstić information content (AvgIpc) is 3.74. The van der Waals surface area contributed by atoms with Crippen molar-refractivity contribution < 1.29 is 38.5 Å². The molecule has 4 heterocycles. The van der Waals surface area contributed by atoms with Crippen molar-refractivity contribution in [3.8, 4) is 0 Å². The Hall–Kier alpha value is -3.58. The standard InChI is InChI=1S/C35H48N4O8/c1-3-5-12-28(41)36-24-27(25-10-7-6-8-11-25)46-34(44)29-26-13-14-35(47-26)30(29)32(42)39(16-9-21-40)31(35)33(43)38(15-4-2)18-17-37-19-22-45-23-20-37/h3-4,6-8,10-11,26-27,29-31,40H,1-2,5,9,12-24H2,(H,36,41)/t26-,27-,29+,30+,31-,35+/m0/s1. The average molecular weight is 653 g/mol. The van der Waals surface area contributed by atoms with E-state index in [9.17, 15) is 24.3 Å². The van der Waals surface area contributed by atoms with E-state index in [1.165, 1.54) is 4.90 Å². The second-order valence-electron chi connectivity index (χ2n) is 12.7. The summed E-state index contributed by atoms with van der Waals surface area (Å²) in [6, 6.07) is 8.22. The number of benzene rings is 1. The molecule has 1 aromatic rings. The summed E-state index contributed by atoms with van der Waals surface area (Å²) in [5, 5.41) is 12.5. The predicted molar refractivity (Wildman–Crippen MR) is 173 cm³/mol. The number of ether oxygens (including phenoxy) is 3. The molecule has 0 radical (unpaired) electrons. The first-order chi connectivity index (χ1) is 22.8. The van der Waals surface area contributed by atoms with Crippen LogP contribution in [0.3, 0.4) is 0 Å². The third-order valence-corrected chi connectivity index (χ3v) is 9.80. The highest BCUT2D eigenvalue weighted by Gasteiger charge is 2.75. The van der Waals surface area contributed by atoms with Crippen molar-refractivity contribution >= 4 is 23.7 Å². The highest BCUT2D eigenvalue weighted by molar-refractivity contribution is 5.98. The van der Waals surface area contributed by atoms with Crippen LogP contribution in [0.2, 0.25) is 0 Å². The SMILES string of the molecule is C=CCCC(=O)NC[C@H](OC(=O)[C@@H]1[C@@H]2CC[C@]3(O2)[C@H](C(=O)N(CC=C)CCN2CCOCC2)N(CCCO)C(=O)[C@@H]13)c1ccccc1. The summed E-state index contributed by atoms with van der Waals surface area (Å²) in [4.78, 5) is 60.6. The van der Waals surface area contributed by atoms with E-state index in [1.807, 2.05) is 30.3 Å². The number of carbonyl (C=O) groups excluding carboxylic acids is 4. The van der Waals surface area contributed by atoms with E-state index in [4.69, 9.17) is 14.2 Å². The summed E-state index contributed by atoms with van der Waals surface area (Å²) in [5.74, 6) is -3.16. The highest BCUT2D eigenvalue weighted by Crippen LogP contribution is 2.59. The van der Waals surface area contributed by atoms with Gasteiger partial charge < -0.3 is 34.4 Å². The van der Waals surface area contributed by atoms with Gasteiger partial charge in [-0.15, -0.1) is 13.2 Å². The molecule has 47 heavy (non-hydrogen) atoms. The van der Waals surface area contributed by atoms with Gasteiger partial charge in [0.25, 0.3) is 0 Å². The van der Waals surface area contributed by atoms with Crippen molar-refractivity contribution in [3.63, 3.8) is 0 Å². The van der Waals surface area contributed by atoms with Gasteiger partial charge in [0, 0.05) is 52.3 Å². The number of morpholine rings is 1. The molecule has 0 unspecified atom stereocenters. The summed E-state index contributed by atoms with van der Waals surface area (Å²) < 4.78 is 18.1. The topological polar surface area (TPSA) is 138 Å². The first-order valence-electron chi connectivity index (χ1n) is 16.8. The quantitative estimate of drug-likeness (QED) is 0.189. The molecule has 3 amide bonds. The van der Waals surface area contributed by atoms with E-state index in [1.54, 1.807) is 17.1 Å². The fourth-order valence-electron chi connectivity index (χ4n) is 7.53. The van der Waals surface area contributed by atoms with Crippen LogP contribution < -0.4 is 5.32 Å². The Balaban J connectivity index is 1.38. The molecule has 4 aliphatic rings. The number of allylic oxidation sites excluding steroid dienone is 1. The summed E-state index contributed by atoms with van der Waals surface area (Å²) in [5.41, 5.74) is -0.475. The van der Waals surface area contributed by atoms with Crippen molar-refractivity contribution in [1.82, 2.24) is 20.0 Å². The molecule has 4 aliphatic heterocycles. The Morgan fingerprint density at radius 3 is 2.62 bits per heavy atom. The Morgan fingerprint density at radius 2 is 1.91 bits per heavy atom. The summed E-state index contributed by atoms with van der Waals surface area (Å²) in [6.07, 6.45) is 4.02. The fourth-order valence-corrected chi connectivity index (χ4v) is 7.53. The van der Waals surface area contributed by atoms with Crippen LogP contribution in [0.4, 0.5) is 0 Å². The van der Waals surface area contributed by atoms with E-state index in [0.29, 0.717) is 57.7 Å². The number of nitrogens with zero attached hydrogens (tertiary/aromatic N) is 3. The zero-order valence-corrected chi connectivity index (χ0v) is 27.1. The van der Waals surface area contributed by atoms with Crippen LogP contribution in [-0.2, 0) is 33.4 Å². The second-order valence-corrected chi connectivity index (χ2v) is 12.7. The number of hydrogen-bond donors (Lipinski definition) is 2. The molecule has 1 spiro atoms. The van der Waals surface area contributed by atoms with E-state index < -0.39 is 41.7 Å². The van der Waals surface area contributed by atoms with Gasteiger partial charge in [0.05, 0.1) is 37.7 Å². The lowest BCUT2D eigenvalue weighted by Crippen LogP contribution is -2.57. The zero-order chi connectivity index (χ0) is 33.4. The Kier molecular flexibility index (Phi) is 11.8. The van der Waals surface area contributed by atoms with Gasteiger partial charge in [-0.05, 0) is 31.2 Å². The van der Waals surface area contributed by atoms with Crippen LogP contribution in [0.5, 0.6) is 0 Å². The molecule has 4 fully saturated rings. The fraction of sp³-hybridized carbons (Fsp3) is 0.600. The van der Waals surface area contributed by atoms with E-state index in [0.717, 1.165) is 13.1 Å². The number of likely N-dealkylation sites (tertiary alicyclic amines) is 1. The van der Waals surface area contributed by atoms with Crippen molar-refractivity contribution in [3.05, 3.63) is 61.2 Å². The van der Waals surface area contributed by atoms with E-state index >= 15 is 0 Å². The number of carbonyl (C=O) groups is 4. The molecule has 12 nitrogen and oxygen atoms in total. The number of rotatable bonds is 17. The Labute approximate surface area is 276 Å². The molecule has 2 bridgehead atoms. The van der Waals surface area contributed by atoms with Gasteiger partial charge in [-0.25, -0.2) is 0 Å². The molecule has 0 saturated carbocycles. The maximum atomic E-state index is 14.5. The van der Waals surface area contributed by atoms with E-state index in [2.05, 4.69) is 23.4 Å². The highest BCUT2D eigenvalue weighted by atomic mass is 16.6. The van der Waals surface area contributed by atoms with Crippen molar-refractivity contribution in [2.75, 3.05) is 65.6 Å². The monoisotopic (exact) mass is 652 g/mol. The normalized spacial score (nSPS) is 27.3. The molecular formula is C35H48N4O8. The third-order valence-electron chi connectivity index (χ3n) is 9.80. The molecule has 4 saturated heterocycles. The first kappa shape index (κ1) is 34.7. The van der Waals surface area contributed by atoms with Crippen LogP contribution in [0.25, 0.3) is 0 Å². The van der Waals surface area contributed by atoms with Crippen LogP contribution >= 0.6 is 0 Å². The van der Waals surface area contributed by atoms with Gasteiger partial charge in [-0.1, -0.05) is 42.5 Å². The molecule has 12 heteroatoms. The number of aliphatic hydroxyl groups excluding tert-OH is 1. The largest absolute Gasteiger partial charge is 0.455 e. The Bertz CT molecular complexity index is 1290. The minimum atomic E-state index is -1.18. The van der Waals surface area contributed by atoms with Crippen LogP contribution in [0.1, 0.15) is 43.8 Å². The number of amides is 3. The van der Waals surface area contributed by atoms with Crippen LogP contribution in [0, 0.1) is 11.8 Å². The minimum Gasteiger partial charge on any atom is -0.455 e.